The topological polar surface area (TPSA) is 56.8 Å². The normalized spacial score (nSPS) is 10.8. The molecule has 0 saturated heterocycles. The second-order valence-electron chi connectivity index (χ2n) is 7.63. The van der Waals surface area contributed by atoms with Crippen molar-refractivity contribution in [2.45, 2.75) is 39.7 Å². The van der Waals surface area contributed by atoms with Gasteiger partial charge >= 0.3 is 6.09 Å². The summed E-state index contributed by atoms with van der Waals surface area (Å²) in [7, 11) is 0. The summed E-state index contributed by atoms with van der Waals surface area (Å²) in [5.41, 5.74) is 1.02. The first-order valence-corrected chi connectivity index (χ1v) is 11.8. The number of ether oxygens (including phenoxy) is 3. The van der Waals surface area contributed by atoms with Gasteiger partial charge in [0.2, 0.25) is 0 Å². The number of alkyl carbamates (subject to hydrolysis) is 1. The van der Waals surface area contributed by atoms with Crippen molar-refractivity contribution in [3.05, 3.63) is 60.2 Å². The Labute approximate surface area is 202 Å². The van der Waals surface area contributed by atoms with Crippen LogP contribution in [0.2, 0.25) is 0 Å². The standard InChI is InChI=1S/C26H32ClNO4.CH4/c27-13-7-1-2-8-15-30-17-18-31-16-14-28-26(29)32-20-25-23-11-5-3-9-21(23)19-22-10-4-6-12-24(22)25;/h3-6,9-12,19H,1-2,7-8,13-18,20H2,(H,28,29);1H4. The Morgan fingerprint density at radius 2 is 1.39 bits per heavy atom. The molecular formula is C27H36ClNO4. The molecule has 0 aliphatic rings. The molecule has 5 nitrogen and oxygen atoms in total. The van der Waals surface area contributed by atoms with Crippen LogP contribution in [0.25, 0.3) is 21.5 Å². The highest BCUT2D eigenvalue weighted by atomic mass is 35.5. The van der Waals surface area contributed by atoms with Gasteiger partial charge in [-0.15, -0.1) is 11.6 Å². The van der Waals surface area contributed by atoms with Crippen LogP contribution in [0.3, 0.4) is 0 Å². The molecule has 180 valence electrons. The largest absolute Gasteiger partial charge is 0.445 e. The molecule has 33 heavy (non-hydrogen) atoms. The van der Waals surface area contributed by atoms with Crippen LogP contribution in [0.15, 0.2) is 54.6 Å². The smallest absolute Gasteiger partial charge is 0.407 e. The second-order valence-corrected chi connectivity index (χ2v) is 8.01. The van der Waals surface area contributed by atoms with Gasteiger partial charge in [-0.05, 0) is 40.5 Å². The molecule has 3 aromatic carbocycles. The summed E-state index contributed by atoms with van der Waals surface area (Å²) in [6, 6.07) is 18.5. The molecule has 0 bridgehead atoms. The number of alkyl halides is 1. The summed E-state index contributed by atoms with van der Waals surface area (Å²) in [6.07, 6.45) is 3.98. The van der Waals surface area contributed by atoms with Gasteiger partial charge in [-0.3, -0.25) is 0 Å². The van der Waals surface area contributed by atoms with E-state index in [4.69, 9.17) is 25.8 Å². The number of benzene rings is 3. The minimum Gasteiger partial charge on any atom is -0.445 e. The van der Waals surface area contributed by atoms with Gasteiger partial charge in [0.1, 0.15) is 6.61 Å². The summed E-state index contributed by atoms with van der Waals surface area (Å²) in [4.78, 5) is 12.1. The lowest BCUT2D eigenvalue weighted by atomic mass is 9.97. The molecule has 0 aromatic heterocycles. The van der Waals surface area contributed by atoms with Gasteiger partial charge < -0.3 is 19.5 Å². The first kappa shape index (κ1) is 26.9. The number of nitrogens with one attached hydrogen (secondary N) is 1. The third-order valence-corrected chi connectivity index (χ3v) is 5.56. The molecule has 0 aliphatic carbocycles. The van der Waals surface area contributed by atoms with Gasteiger partial charge in [0.15, 0.2) is 0 Å². The molecule has 0 radical (unpaired) electrons. The first-order valence-electron chi connectivity index (χ1n) is 11.3. The summed E-state index contributed by atoms with van der Waals surface area (Å²) in [5.74, 6) is 0.732. The van der Waals surface area contributed by atoms with Crippen molar-refractivity contribution in [2.75, 3.05) is 38.9 Å². The van der Waals surface area contributed by atoms with Gasteiger partial charge in [-0.1, -0.05) is 68.8 Å². The zero-order chi connectivity index (χ0) is 22.4. The molecule has 0 fully saturated rings. The Morgan fingerprint density at radius 3 is 2.06 bits per heavy atom. The molecule has 0 aliphatic heterocycles. The van der Waals surface area contributed by atoms with Crippen molar-refractivity contribution in [1.29, 1.82) is 0 Å². The van der Waals surface area contributed by atoms with Crippen LogP contribution >= 0.6 is 11.6 Å². The van der Waals surface area contributed by atoms with E-state index in [0.29, 0.717) is 26.4 Å². The zero-order valence-electron chi connectivity index (χ0n) is 18.5. The number of carbonyl (C=O) groups is 1. The highest BCUT2D eigenvalue weighted by Gasteiger charge is 2.10. The van der Waals surface area contributed by atoms with Crippen LogP contribution in [-0.2, 0) is 20.8 Å². The van der Waals surface area contributed by atoms with Crippen LogP contribution in [0.5, 0.6) is 0 Å². The fourth-order valence-electron chi connectivity index (χ4n) is 3.65. The first-order chi connectivity index (χ1) is 15.8. The minimum absolute atomic E-state index is 0. The van der Waals surface area contributed by atoms with E-state index in [-0.39, 0.29) is 14.0 Å². The highest BCUT2D eigenvalue weighted by molar-refractivity contribution is 6.17. The zero-order valence-corrected chi connectivity index (χ0v) is 19.2. The Balaban J connectivity index is 0.00000385. The van der Waals surface area contributed by atoms with Gasteiger partial charge in [-0.2, -0.15) is 0 Å². The van der Waals surface area contributed by atoms with E-state index in [0.717, 1.165) is 65.3 Å². The van der Waals surface area contributed by atoms with E-state index < -0.39 is 6.09 Å². The highest BCUT2D eigenvalue weighted by Crippen LogP contribution is 2.29. The average Bonchev–Trinajstić information content (AvgIpc) is 2.82. The van der Waals surface area contributed by atoms with E-state index in [9.17, 15) is 4.79 Å². The van der Waals surface area contributed by atoms with E-state index >= 15 is 0 Å². The summed E-state index contributed by atoms with van der Waals surface area (Å²) in [5, 5.41) is 7.21. The number of hydrogen-bond acceptors (Lipinski definition) is 4. The number of hydrogen-bond donors (Lipinski definition) is 1. The second kappa shape index (κ2) is 15.5. The maximum atomic E-state index is 12.1. The molecule has 3 aromatic rings. The summed E-state index contributed by atoms with van der Waals surface area (Å²) in [6.45, 7) is 2.86. The van der Waals surface area contributed by atoms with E-state index in [1.54, 1.807) is 0 Å². The predicted molar refractivity (Wildman–Crippen MR) is 137 cm³/mol. The Morgan fingerprint density at radius 1 is 0.788 bits per heavy atom. The lowest BCUT2D eigenvalue weighted by molar-refractivity contribution is 0.0468. The molecule has 0 spiro atoms. The maximum absolute atomic E-state index is 12.1. The molecule has 1 amide bonds. The van der Waals surface area contributed by atoms with Crippen LogP contribution in [-0.4, -0.2) is 44.9 Å². The lowest BCUT2D eigenvalue weighted by Gasteiger charge is -2.13. The third kappa shape index (κ3) is 8.84. The number of halogens is 1. The van der Waals surface area contributed by atoms with E-state index in [1.165, 1.54) is 0 Å². The van der Waals surface area contributed by atoms with E-state index in [2.05, 4.69) is 35.6 Å². The average molecular weight is 474 g/mol. The predicted octanol–water partition coefficient (Wildman–Crippen LogP) is 6.69. The van der Waals surface area contributed by atoms with Crippen LogP contribution in [0, 0.1) is 0 Å². The minimum atomic E-state index is -0.446. The molecular weight excluding hydrogens is 438 g/mol. The van der Waals surface area contributed by atoms with Gasteiger partial charge in [-0.25, -0.2) is 4.79 Å². The number of amides is 1. The van der Waals surface area contributed by atoms with Crippen molar-refractivity contribution in [1.82, 2.24) is 5.32 Å². The molecule has 3 rings (SSSR count). The van der Waals surface area contributed by atoms with E-state index in [1.807, 2.05) is 24.3 Å². The van der Waals surface area contributed by atoms with Crippen LogP contribution in [0.1, 0.15) is 38.7 Å². The summed E-state index contributed by atoms with van der Waals surface area (Å²) < 4.78 is 16.5. The SMILES string of the molecule is C.O=C(NCCOCCOCCCCCCCl)OCc1c2ccccc2cc2ccccc12. The molecule has 1 N–H and O–H groups in total. The Bertz CT molecular complexity index is 925. The van der Waals surface area contributed by atoms with Crippen molar-refractivity contribution < 1.29 is 19.0 Å². The van der Waals surface area contributed by atoms with Crippen molar-refractivity contribution in [3.8, 4) is 0 Å². The monoisotopic (exact) mass is 473 g/mol. The fourth-order valence-corrected chi connectivity index (χ4v) is 3.84. The molecule has 6 heteroatoms. The van der Waals surface area contributed by atoms with Crippen LogP contribution in [0.4, 0.5) is 4.79 Å². The fraction of sp³-hybridized carbons (Fsp3) is 0.444. The van der Waals surface area contributed by atoms with Gasteiger partial charge in [0.05, 0.1) is 19.8 Å². The Hall–Kier alpha value is -2.34. The summed E-state index contributed by atoms with van der Waals surface area (Å²) >= 11 is 5.65. The van der Waals surface area contributed by atoms with Crippen molar-refractivity contribution in [3.63, 3.8) is 0 Å². The molecule has 0 heterocycles. The number of fused-ring (bicyclic) bond motifs is 2. The van der Waals surface area contributed by atoms with Crippen molar-refractivity contribution >= 4 is 39.2 Å². The molecule has 0 unspecified atom stereocenters. The Kier molecular flexibility index (Phi) is 12.6. The maximum Gasteiger partial charge on any atom is 0.407 e. The molecule has 0 atom stereocenters. The lowest BCUT2D eigenvalue weighted by Crippen LogP contribution is -2.28. The molecule has 0 saturated carbocycles. The quantitative estimate of drug-likeness (QED) is 0.161. The third-order valence-electron chi connectivity index (χ3n) is 5.29. The van der Waals surface area contributed by atoms with Crippen molar-refractivity contribution in [2.24, 2.45) is 0 Å². The number of carbonyl (C=O) groups excluding carboxylic acids is 1. The number of unbranched alkanes of at least 4 members (excludes halogenated alkanes) is 3. The van der Waals surface area contributed by atoms with Crippen LogP contribution < -0.4 is 5.32 Å². The van der Waals surface area contributed by atoms with Gasteiger partial charge in [0, 0.05) is 24.6 Å². The van der Waals surface area contributed by atoms with Gasteiger partial charge in [0.25, 0.3) is 0 Å². The number of rotatable bonds is 14.